The Hall–Kier alpha value is 1.14. The maximum atomic E-state index is 9.97. The van der Waals surface area contributed by atoms with E-state index in [1.54, 1.807) is 14.1 Å². The molecule has 0 saturated heterocycles. The number of hydrogen-bond acceptors (Lipinski definition) is 2. The van der Waals surface area contributed by atoms with Gasteiger partial charge in [0.2, 0.25) is 6.41 Å². The Labute approximate surface area is 84.1 Å². The fourth-order valence-electron chi connectivity index (χ4n) is 0. The second kappa shape index (κ2) is 6.83. The van der Waals surface area contributed by atoms with Gasteiger partial charge in [-0.15, -0.1) is 0 Å². The van der Waals surface area contributed by atoms with Gasteiger partial charge in [0.1, 0.15) is 0 Å². The SMILES string of the molecule is CN(C)C=O.O=P(Br)(Br)Br. The Morgan fingerprint density at radius 2 is 1.40 bits per heavy atom. The van der Waals surface area contributed by atoms with Gasteiger partial charge in [-0.25, -0.2) is 0 Å². The number of rotatable bonds is 1. The monoisotopic (exact) mass is 357 g/mol. The first-order valence-electron chi connectivity index (χ1n) is 2.08. The maximum absolute atomic E-state index is 9.97. The zero-order chi connectivity index (χ0) is 8.78. The van der Waals surface area contributed by atoms with Gasteiger partial charge in [0.05, 0.1) is 0 Å². The van der Waals surface area contributed by atoms with E-state index in [4.69, 9.17) is 0 Å². The van der Waals surface area contributed by atoms with E-state index in [9.17, 15) is 9.36 Å². The lowest BCUT2D eigenvalue weighted by Gasteiger charge is -1.93. The minimum atomic E-state index is -2.20. The normalized spacial score (nSPS) is 9.30. The lowest BCUT2D eigenvalue weighted by Crippen LogP contribution is -2.06. The summed E-state index contributed by atoms with van der Waals surface area (Å²) < 4.78 is 7.76. The predicted molar refractivity (Wildman–Crippen MR) is 54.1 cm³/mol. The second-order valence-corrected chi connectivity index (χ2v) is 19.8. The maximum Gasteiger partial charge on any atom is 0.268 e. The minimum Gasteiger partial charge on any atom is -0.351 e. The molecular formula is C3H7Br3NO2P. The van der Waals surface area contributed by atoms with Crippen molar-refractivity contribution in [1.29, 1.82) is 0 Å². The van der Waals surface area contributed by atoms with Crippen molar-refractivity contribution in [2.45, 2.75) is 0 Å². The molecule has 0 aliphatic carbocycles. The van der Waals surface area contributed by atoms with Crippen LogP contribution in [0.25, 0.3) is 0 Å². The Balaban J connectivity index is 0. The molecule has 0 atom stereocenters. The second-order valence-electron chi connectivity index (χ2n) is 1.47. The van der Waals surface area contributed by atoms with Crippen molar-refractivity contribution < 1.29 is 9.36 Å². The summed E-state index contributed by atoms with van der Waals surface area (Å²) in [7, 11) is 3.38. The molecule has 0 aliphatic rings. The van der Waals surface area contributed by atoms with Gasteiger partial charge < -0.3 is 4.90 Å². The lowest BCUT2D eigenvalue weighted by molar-refractivity contribution is -0.115. The fraction of sp³-hybridized carbons (Fsp3) is 0.667. The van der Waals surface area contributed by atoms with E-state index in [0.29, 0.717) is 0 Å². The molecule has 0 aromatic carbocycles. The van der Waals surface area contributed by atoms with E-state index in [2.05, 4.69) is 46.5 Å². The van der Waals surface area contributed by atoms with Crippen LogP contribution in [-0.2, 0) is 9.36 Å². The molecule has 62 valence electrons. The standard InChI is InChI=1S/C3H7NO.Br3OP/c1-4(2)3-5;1-5(2,3)4/h3H,1-2H3;. The molecule has 0 aliphatic heterocycles. The zero-order valence-electron chi connectivity index (χ0n) is 5.42. The van der Waals surface area contributed by atoms with Crippen molar-refractivity contribution >= 4 is 56.1 Å². The lowest BCUT2D eigenvalue weighted by atomic mass is 11.0. The molecule has 7 heteroatoms. The molecule has 0 heterocycles. The number of carbonyl (C=O) groups is 1. The van der Waals surface area contributed by atoms with Crippen molar-refractivity contribution in [2.75, 3.05) is 14.1 Å². The quantitative estimate of drug-likeness (QED) is 0.533. The van der Waals surface area contributed by atoms with E-state index in [-0.39, 0.29) is 0 Å². The van der Waals surface area contributed by atoms with E-state index >= 15 is 0 Å². The molecule has 0 radical (unpaired) electrons. The van der Waals surface area contributed by atoms with Crippen LogP contribution in [0.4, 0.5) is 0 Å². The molecular weight excluding hydrogens is 353 g/mol. The van der Waals surface area contributed by atoms with Crippen LogP contribution < -0.4 is 0 Å². The molecule has 0 bridgehead atoms. The van der Waals surface area contributed by atoms with Crippen molar-refractivity contribution in [3.63, 3.8) is 0 Å². The van der Waals surface area contributed by atoms with Gasteiger partial charge in [-0.1, -0.05) is 0 Å². The number of halogens is 3. The fourth-order valence-corrected chi connectivity index (χ4v) is 0. The van der Waals surface area contributed by atoms with Crippen LogP contribution in [0.5, 0.6) is 0 Å². The summed E-state index contributed by atoms with van der Waals surface area (Å²) >= 11 is 8.29. The Morgan fingerprint density at radius 3 is 1.40 bits per heavy atom. The van der Waals surface area contributed by atoms with Gasteiger partial charge in [0, 0.05) is 60.6 Å². The molecule has 3 nitrogen and oxygen atoms in total. The predicted octanol–water partition coefficient (Wildman–Crippen LogP) is 2.98. The Morgan fingerprint density at radius 1 is 1.30 bits per heavy atom. The smallest absolute Gasteiger partial charge is 0.268 e. The highest BCUT2D eigenvalue weighted by Gasteiger charge is 2.00. The molecule has 0 rings (SSSR count). The van der Waals surface area contributed by atoms with Crippen LogP contribution in [0, 0.1) is 0 Å². The molecule has 0 N–H and O–H groups in total. The van der Waals surface area contributed by atoms with Crippen molar-refractivity contribution in [1.82, 2.24) is 4.90 Å². The first kappa shape index (κ1) is 13.7. The van der Waals surface area contributed by atoms with Crippen molar-refractivity contribution in [3.05, 3.63) is 0 Å². The van der Waals surface area contributed by atoms with Gasteiger partial charge in [-0.2, -0.15) is 0 Å². The average molecular weight is 360 g/mol. The van der Waals surface area contributed by atoms with Crippen LogP contribution in [0.15, 0.2) is 0 Å². The van der Waals surface area contributed by atoms with Crippen LogP contribution in [-0.4, -0.2) is 25.4 Å². The topological polar surface area (TPSA) is 37.4 Å². The van der Waals surface area contributed by atoms with E-state index in [0.717, 1.165) is 6.41 Å². The van der Waals surface area contributed by atoms with E-state index in [1.807, 2.05) is 0 Å². The number of hydrogen-bond donors (Lipinski definition) is 0. The molecule has 10 heavy (non-hydrogen) atoms. The summed E-state index contributed by atoms with van der Waals surface area (Å²) in [5.41, 5.74) is 0. The molecule has 0 unspecified atom stereocenters. The third kappa shape index (κ3) is 61.4. The number of amides is 1. The molecule has 0 aromatic rings. The van der Waals surface area contributed by atoms with E-state index in [1.165, 1.54) is 4.90 Å². The third-order valence-corrected chi connectivity index (χ3v) is 0.211. The summed E-state index contributed by atoms with van der Waals surface area (Å²) in [6, 6.07) is 0. The van der Waals surface area contributed by atoms with Gasteiger partial charge >= 0.3 is 0 Å². The van der Waals surface area contributed by atoms with Crippen LogP contribution >= 0.6 is 49.7 Å². The summed E-state index contributed by atoms with van der Waals surface area (Å²) in [6.07, 6.45) is 0.750. The van der Waals surface area contributed by atoms with Crippen LogP contribution in [0.2, 0.25) is 0 Å². The molecule has 0 fully saturated rings. The molecule has 0 aromatic heterocycles. The highest BCUT2D eigenvalue weighted by atomic mass is 80.0. The summed E-state index contributed by atoms with van der Waals surface area (Å²) in [6.45, 7) is 0. The Bertz CT molecular complexity index is 125. The first-order chi connectivity index (χ1) is 4.27. The van der Waals surface area contributed by atoms with Gasteiger partial charge in [-0.3, -0.25) is 9.36 Å². The van der Waals surface area contributed by atoms with Gasteiger partial charge in [0.15, 0.2) is 0 Å². The highest BCUT2D eigenvalue weighted by Crippen LogP contribution is 2.68. The first-order valence-corrected chi connectivity index (χ1v) is 9.84. The molecule has 0 spiro atoms. The number of carbonyl (C=O) groups excluding carboxylic acids is 1. The Kier molecular flexibility index (Phi) is 9.36. The van der Waals surface area contributed by atoms with E-state index < -0.39 is 3.25 Å². The summed E-state index contributed by atoms with van der Waals surface area (Å²) in [5.74, 6) is 0. The molecule has 1 amide bonds. The van der Waals surface area contributed by atoms with Crippen LogP contribution in [0.3, 0.4) is 0 Å². The highest BCUT2D eigenvalue weighted by molar-refractivity contribution is 9.94. The largest absolute Gasteiger partial charge is 0.351 e. The summed E-state index contributed by atoms with van der Waals surface area (Å²) in [5, 5.41) is 0. The van der Waals surface area contributed by atoms with Crippen LogP contribution in [0.1, 0.15) is 0 Å². The van der Waals surface area contributed by atoms with Gasteiger partial charge in [-0.05, 0) is 0 Å². The number of nitrogens with zero attached hydrogens (tertiary/aromatic N) is 1. The van der Waals surface area contributed by atoms with Crippen molar-refractivity contribution in [3.8, 4) is 0 Å². The minimum absolute atomic E-state index is 0.750. The van der Waals surface area contributed by atoms with Gasteiger partial charge in [0.25, 0.3) is 3.25 Å². The molecule has 0 saturated carbocycles. The third-order valence-electron chi connectivity index (χ3n) is 0.211. The summed E-state index contributed by atoms with van der Waals surface area (Å²) in [4.78, 5) is 10.9. The average Bonchev–Trinajstić information content (AvgIpc) is 1.61. The zero-order valence-corrected chi connectivity index (χ0v) is 11.1. The van der Waals surface area contributed by atoms with Crippen molar-refractivity contribution in [2.24, 2.45) is 0 Å².